The van der Waals surface area contributed by atoms with E-state index in [9.17, 15) is 32.0 Å². The first-order valence-corrected chi connectivity index (χ1v) is 14.3. The minimum absolute atomic E-state index is 0.0198. The van der Waals surface area contributed by atoms with Crippen LogP contribution in [0.25, 0.3) is 0 Å². The van der Waals surface area contributed by atoms with E-state index < -0.39 is 40.4 Å². The summed E-state index contributed by atoms with van der Waals surface area (Å²) in [7, 11) is -4.37. The average molecular weight is 617 g/mol. The van der Waals surface area contributed by atoms with E-state index in [1.807, 2.05) is 23.9 Å². The van der Waals surface area contributed by atoms with Crippen molar-refractivity contribution in [2.45, 2.75) is 25.2 Å². The molecule has 228 valence electrons. The Balaban J connectivity index is 1.65. The van der Waals surface area contributed by atoms with E-state index in [-0.39, 0.29) is 52.5 Å². The number of nitrogens with zero attached hydrogens (tertiary/aromatic N) is 1. The van der Waals surface area contributed by atoms with E-state index >= 15 is 0 Å². The van der Waals surface area contributed by atoms with E-state index in [2.05, 4.69) is 10.3 Å². The summed E-state index contributed by atoms with van der Waals surface area (Å²) in [5, 5.41) is 13.4. The monoisotopic (exact) mass is 616 g/mol. The van der Waals surface area contributed by atoms with E-state index in [1.165, 1.54) is 24.3 Å². The van der Waals surface area contributed by atoms with Crippen LogP contribution in [-0.4, -0.2) is 62.1 Å². The Kier molecular flexibility index (Phi) is 11.1. The van der Waals surface area contributed by atoms with Crippen LogP contribution in [0.4, 0.5) is 9.18 Å². The molecule has 3 rings (SSSR count). The predicted octanol–water partition coefficient (Wildman–Crippen LogP) is 2.52. The predicted molar refractivity (Wildman–Crippen MR) is 150 cm³/mol. The van der Waals surface area contributed by atoms with Crippen molar-refractivity contribution >= 4 is 33.9 Å². The highest BCUT2D eigenvalue weighted by atomic mass is 32.2. The summed E-state index contributed by atoms with van der Waals surface area (Å²) in [6, 6.07) is 11.9. The number of aliphatic carboxylic acids is 1. The molecule has 0 aliphatic heterocycles. The highest BCUT2D eigenvalue weighted by Gasteiger charge is 2.22. The Hall–Kier alpha value is -5.05. The smallest absolute Gasteiger partial charge is 0.414 e. The number of carboxylic acid groups (broad SMARTS) is 1. The number of hydrogen-bond donors (Lipinski definition) is 4. The fraction of sp³-hybridized carbons (Fsp3) is 0.250. The van der Waals surface area contributed by atoms with Crippen molar-refractivity contribution in [3.8, 4) is 11.6 Å². The minimum Gasteiger partial charge on any atom is -0.488 e. The van der Waals surface area contributed by atoms with Gasteiger partial charge in [0.05, 0.1) is 17.1 Å². The summed E-state index contributed by atoms with van der Waals surface area (Å²) in [5.41, 5.74) is 0.775. The average Bonchev–Trinajstić information content (AvgIpc) is 2.96. The molecule has 13 nitrogen and oxygen atoms in total. The third kappa shape index (κ3) is 10.1. The maximum absolute atomic E-state index is 13.0. The molecule has 0 fully saturated rings. The molecule has 1 aromatic heterocycles. The number of sulfonamides is 1. The molecule has 0 unspecified atom stereocenters. The number of aromatic nitrogens is 1. The highest BCUT2D eigenvalue weighted by molar-refractivity contribution is 7.90. The van der Waals surface area contributed by atoms with Gasteiger partial charge >= 0.3 is 12.1 Å². The first-order valence-electron chi connectivity index (χ1n) is 12.8. The molecule has 2 aromatic carbocycles. The molecule has 0 saturated heterocycles. The quantitative estimate of drug-likeness (QED) is 0.222. The molecule has 4 N–H and O–H groups in total. The third-order valence-corrected chi connectivity index (χ3v) is 6.84. The number of carboxylic acids is 1. The number of carbonyl (C=O) groups excluding carboxylic acids is 3. The van der Waals surface area contributed by atoms with Crippen LogP contribution in [0.5, 0.6) is 11.6 Å². The molecule has 0 spiro atoms. The molecule has 0 atom stereocenters. The third-order valence-electron chi connectivity index (χ3n) is 5.49. The molecular weight excluding hydrogens is 587 g/mol. The van der Waals surface area contributed by atoms with E-state index in [0.29, 0.717) is 6.42 Å². The van der Waals surface area contributed by atoms with Gasteiger partial charge in [0, 0.05) is 24.4 Å². The molecule has 0 saturated carbocycles. The van der Waals surface area contributed by atoms with Crippen molar-refractivity contribution in [3.63, 3.8) is 0 Å². The summed E-state index contributed by atoms with van der Waals surface area (Å²) >= 11 is 0. The van der Waals surface area contributed by atoms with Crippen molar-refractivity contribution in [2.24, 2.45) is 5.92 Å². The molecule has 15 heteroatoms. The fourth-order valence-corrected chi connectivity index (χ4v) is 4.34. The largest absolute Gasteiger partial charge is 0.488 e. The maximum Gasteiger partial charge on any atom is 0.414 e. The van der Waals surface area contributed by atoms with E-state index in [1.54, 1.807) is 12.1 Å². The Labute approximate surface area is 246 Å². The van der Waals surface area contributed by atoms with Gasteiger partial charge < -0.3 is 25.2 Å². The lowest BCUT2D eigenvalue weighted by Crippen LogP contribution is -2.32. The zero-order valence-corrected chi connectivity index (χ0v) is 23.9. The second-order valence-electron chi connectivity index (χ2n) is 9.46. The first-order chi connectivity index (χ1) is 20.3. The van der Waals surface area contributed by atoms with Gasteiger partial charge in [0.15, 0.2) is 5.75 Å². The first kappa shape index (κ1) is 32.5. The normalized spacial score (nSPS) is 11.0. The lowest BCUT2D eigenvalue weighted by atomic mass is 10.1. The molecule has 3 amide bonds. The zero-order valence-electron chi connectivity index (χ0n) is 23.1. The summed E-state index contributed by atoms with van der Waals surface area (Å²) in [5.74, 6) is -3.67. The van der Waals surface area contributed by atoms with Crippen molar-refractivity contribution < 1.29 is 46.6 Å². The van der Waals surface area contributed by atoms with Crippen molar-refractivity contribution in [3.05, 3.63) is 83.3 Å². The van der Waals surface area contributed by atoms with Crippen LogP contribution in [0, 0.1) is 11.7 Å². The highest BCUT2D eigenvalue weighted by Crippen LogP contribution is 2.26. The second kappa shape index (κ2) is 14.7. The summed E-state index contributed by atoms with van der Waals surface area (Å²) in [4.78, 5) is 51.3. The van der Waals surface area contributed by atoms with Gasteiger partial charge in [-0.05, 0) is 54.3 Å². The van der Waals surface area contributed by atoms with Crippen LogP contribution in [0.1, 0.15) is 40.1 Å². The minimum atomic E-state index is -4.37. The summed E-state index contributed by atoms with van der Waals surface area (Å²) < 4.78 is 51.2. The summed E-state index contributed by atoms with van der Waals surface area (Å²) in [6.45, 7) is 3.36. The van der Waals surface area contributed by atoms with Gasteiger partial charge in [-0.15, -0.1) is 0 Å². The number of nitrogens with one attached hydrogen (secondary N) is 3. The number of carbonyl (C=O) groups is 4. The van der Waals surface area contributed by atoms with E-state index in [4.69, 9.17) is 14.6 Å². The molecule has 1 heterocycles. The molecule has 0 aliphatic rings. The molecule has 0 bridgehead atoms. The number of hydrogen-bond acceptors (Lipinski definition) is 9. The van der Waals surface area contributed by atoms with Crippen LogP contribution in [0.3, 0.4) is 0 Å². The lowest BCUT2D eigenvalue weighted by Gasteiger charge is -2.14. The second-order valence-corrected chi connectivity index (χ2v) is 11.1. The van der Waals surface area contributed by atoms with Crippen LogP contribution in [-0.2, 0) is 21.2 Å². The van der Waals surface area contributed by atoms with Gasteiger partial charge in [-0.1, -0.05) is 26.0 Å². The molecular formula is C28H29FN4O9S. The van der Waals surface area contributed by atoms with E-state index in [0.717, 1.165) is 30.0 Å². The van der Waals surface area contributed by atoms with Crippen LogP contribution in [0.15, 0.2) is 65.7 Å². The maximum atomic E-state index is 13.0. The van der Waals surface area contributed by atoms with Gasteiger partial charge in [-0.2, -0.15) is 0 Å². The SMILES string of the molecule is CC(C)COc1cc(C(=O)NS(=O)(=O)c2ccc(C(=O)NCCc3ccc(F)cc3)cc2)cnc1OC(=O)NCC(=O)O. The van der Waals surface area contributed by atoms with Gasteiger partial charge in [-0.3, -0.25) is 14.4 Å². The fourth-order valence-electron chi connectivity index (χ4n) is 3.36. The Morgan fingerprint density at radius 2 is 1.63 bits per heavy atom. The van der Waals surface area contributed by atoms with Crippen LogP contribution in [0.2, 0.25) is 0 Å². The van der Waals surface area contributed by atoms with Crippen LogP contribution >= 0.6 is 0 Å². The Morgan fingerprint density at radius 3 is 2.26 bits per heavy atom. The molecule has 0 aliphatic carbocycles. The molecule has 0 radical (unpaired) electrons. The van der Waals surface area contributed by atoms with Crippen molar-refractivity contribution in [1.29, 1.82) is 0 Å². The molecule has 43 heavy (non-hydrogen) atoms. The number of pyridine rings is 1. The molecule has 3 aromatic rings. The number of amides is 3. The Morgan fingerprint density at radius 1 is 0.953 bits per heavy atom. The van der Waals surface area contributed by atoms with Gasteiger partial charge in [0.2, 0.25) is 0 Å². The number of halogens is 1. The zero-order chi connectivity index (χ0) is 31.6. The standard InChI is InChI=1S/C28H29FN4O9S/c1-17(2)16-41-23-13-20(14-31-27(23)42-28(38)32-15-24(34)35)26(37)33-43(39,40)22-9-5-19(6-10-22)25(36)30-12-11-18-3-7-21(29)8-4-18/h3-10,13-14,17H,11-12,15-16H2,1-2H3,(H,30,36)(H,32,38)(H,33,37)(H,34,35). The topological polar surface area (TPSA) is 190 Å². The lowest BCUT2D eigenvalue weighted by molar-refractivity contribution is -0.135. The van der Waals surface area contributed by atoms with Crippen molar-refractivity contribution in [2.75, 3.05) is 19.7 Å². The van der Waals surface area contributed by atoms with Gasteiger partial charge in [0.25, 0.3) is 27.7 Å². The number of benzene rings is 2. The number of ether oxygens (including phenoxy) is 2. The van der Waals surface area contributed by atoms with Gasteiger partial charge in [-0.25, -0.2) is 27.3 Å². The number of rotatable bonds is 13. The van der Waals surface area contributed by atoms with Crippen molar-refractivity contribution in [1.82, 2.24) is 20.3 Å². The summed E-state index contributed by atoms with van der Waals surface area (Å²) in [6.07, 6.45) is 0.287. The van der Waals surface area contributed by atoms with Crippen LogP contribution < -0.4 is 24.8 Å². The Bertz CT molecular complexity index is 1580. The van der Waals surface area contributed by atoms with Gasteiger partial charge in [0.1, 0.15) is 12.4 Å².